The number of rotatable bonds is 1. The number of carbonyl (C=O) groups excluding carboxylic acids is 1. The van der Waals surface area contributed by atoms with Crippen molar-refractivity contribution in [3.63, 3.8) is 0 Å². The second-order valence-corrected chi connectivity index (χ2v) is 4.89. The molecule has 1 aliphatic rings. The average molecular weight is 222 g/mol. The number of hydrogen-bond acceptors (Lipinski definition) is 1. The number of Topliss-reactive ketones (excluding diaryl/α,β-unsaturated/α-hetero) is 1. The van der Waals surface area contributed by atoms with Gasteiger partial charge in [0.2, 0.25) is 0 Å². The summed E-state index contributed by atoms with van der Waals surface area (Å²) in [6.07, 6.45) is 15.2. The highest BCUT2D eigenvalue weighted by atomic mass is 16.1. The number of allylic oxidation sites excluding steroid dienone is 2. The van der Waals surface area contributed by atoms with Gasteiger partial charge < -0.3 is 0 Å². The van der Waals surface area contributed by atoms with E-state index in [1.54, 1.807) is 0 Å². The van der Waals surface area contributed by atoms with Gasteiger partial charge >= 0.3 is 0 Å². The zero-order valence-electron chi connectivity index (χ0n) is 10.8. The Hall–Kier alpha value is -0.590. The lowest BCUT2D eigenvalue weighted by Crippen LogP contribution is -2.03. The fourth-order valence-electron chi connectivity index (χ4n) is 2.42. The van der Waals surface area contributed by atoms with Crippen LogP contribution in [-0.4, -0.2) is 5.78 Å². The third-order valence-electron chi connectivity index (χ3n) is 3.41. The smallest absolute Gasteiger partial charge is 0.158 e. The lowest BCUT2D eigenvalue weighted by Gasteiger charge is -2.09. The maximum atomic E-state index is 12.0. The summed E-state index contributed by atoms with van der Waals surface area (Å²) in [6, 6.07) is 0. The fourth-order valence-corrected chi connectivity index (χ4v) is 2.42. The predicted molar refractivity (Wildman–Crippen MR) is 69.6 cm³/mol. The van der Waals surface area contributed by atoms with E-state index in [4.69, 9.17) is 0 Å². The SMILES string of the molecule is CCC=C1CCCCCCCCCCC1=O. The first-order valence-electron chi connectivity index (χ1n) is 7.07. The molecule has 0 bridgehead atoms. The number of ketones is 1. The Labute approximate surface area is 100 Å². The fraction of sp³-hybridized carbons (Fsp3) is 0.800. The molecule has 0 atom stereocenters. The summed E-state index contributed by atoms with van der Waals surface area (Å²) >= 11 is 0. The quantitative estimate of drug-likeness (QED) is 0.582. The number of hydrogen-bond donors (Lipinski definition) is 0. The van der Waals surface area contributed by atoms with E-state index in [1.165, 1.54) is 44.9 Å². The highest BCUT2D eigenvalue weighted by Crippen LogP contribution is 2.18. The van der Waals surface area contributed by atoms with Crippen molar-refractivity contribution in [2.75, 3.05) is 0 Å². The molecule has 0 amide bonds. The molecule has 0 unspecified atom stereocenters. The summed E-state index contributed by atoms with van der Waals surface area (Å²) in [4.78, 5) is 12.0. The molecule has 0 aromatic carbocycles. The van der Waals surface area contributed by atoms with Gasteiger partial charge in [-0.3, -0.25) is 4.79 Å². The summed E-state index contributed by atoms with van der Waals surface area (Å²) in [6.45, 7) is 2.12. The van der Waals surface area contributed by atoms with Crippen LogP contribution in [0.15, 0.2) is 11.6 Å². The van der Waals surface area contributed by atoms with E-state index in [2.05, 4.69) is 13.0 Å². The molecule has 0 aromatic rings. The van der Waals surface area contributed by atoms with Crippen LogP contribution in [0.25, 0.3) is 0 Å². The largest absolute Gasteiger partial charge is 0.295 e. The first kappa shape index (κ1) is 13.5. The van der Waals surface area contributed by atoms with Crippen molar-refractivity contribution in [2.45, 2.75) is 77.6 Å². The second kappa shape index (κ2) is 8.55. The lowest BCUT2D eigenvalue weighted by atomic mass is 9.96. The van der Waals surface area contributed by atoms with Gasteiger partial charge in [0, 0.05) is 6.42 Å². The standard InChI is InChI=1S/C15H26O/c1-2-11-14-12-9-7-5-3-4-6-8-10-13-15(14)16/h11H,2-10,12-13H2,1H3. The summed E-state index contributed by atoms with van der Waals surface area (Å²) in [5, 5.41) is 0. The minimum Gasteiger partial charge on any atom is -0.295 e. The molecule has 1 aliphatic carbocycles. The van der Waals surface area contributed by atoms with E-state index < -0.39 is 0 Å². The van der Waals surface area contributed by atoms with Gasteiger partial charge in [-0.15, -0.1) is 0 Å². The van der Waals surface area contributed by atoms with Gasteiger partial charge in [-0.1, -0.05) is 51.5 Å². The van der Waals surface area contributed by atoms with Gasteiger partial charge in [0.25, 0.3) is 0 Å². The maximum Gasteiger partial charge on any atom is 0.158 e. The first-order chi connectivity index (χ1) is 7.84. The van der Waals surface area contributed by atoms with E-state index in [9.17, 15) is 4.79 Å². The highest BCUT2D eigenvalue weighted by molar-refractivity contribution is 5.95. The summed E-state index contributed by atoms with van der Waals surface area (Å²) in [5.41, 5.74) is 1.11. The predicted octanol–water partition coefficient (Wildman–Crippen LogP) is 4.81. The van der Waals surface area contributed by atoms with Crippen molar-refractivity contribution in [3.8, 4) is 0 Å². The molecule has 0 aliphatic heterocycles. The third kappa shape index (κ3) is 5.48. The van der Waals surface area contributed by atoms with E-state index in [-0.39, 0.29) is 0 Å². The summed E-state index contributed by atoms with van der Waals surface area (Å²) < 4.78 is 0. The molecule has 1 rings (SSSR count). The van der Waals surface area contributed by atoms with Gasteiger partial charge in [-0.25, -0.2) is 0 Å². The molecule has 1 fully saturated rings. The Morgan fingerprint density at radius 2 is 1.38 bits per heavy atom. The van der Waals surface area contributed by atoms with Crippen LogP contribution in [0, 0.1) is 0 Å². The Bertz CT molecular complexity index is 228. The van der Waals surface area contributed by atoms with Crippen molar-refractivity contribution >= 4 is 5.78 Å². The Balaban J connectivity index is 2.46. The first-order valence-corrected chi connectivity index (χ1v) is 7.07. The van der Waals surface area contributed by atoms with Gasteiger partial charge in [0.1, 0.15) is 0 Å². The molecule has 16 heavy (non-hydrogen) atoms. The molecule has 0 saturated heterocycles. The maximum absolute atomic E-state index is 12.0. The Morgan fingerprint density at radius 3 is 1.94 bits per heavy atom. The molecule has 0 heterocycles. The van der Waals surface area contributed by atoms with E-state index in [0.717, 1.165) is 31.3 Å². The monoisotopic (exact) mass is 222 g/mol. The molecule has 0 N–H and O–H groups in total. The molecular weight excluding hydrogens is 196 g/mol. The van der Waals surface area contributed by atoms with E-state index in [0.29, 0.717) is 5.78 Å². The zero-order chi connectivity index (χ0) is 11.6. The summed E-state index contributed by atoms with van der Waals surface area (Å²) in [5.74, 6) is 0.419. The molecule has 1 saturated carbocycles. The number of carbonyl (C=O) groups is 1. The minimum atomic E-state index is 0.419. The molecule has 0 aromatic heterocycles. The molecular formula is C15H26O. The van der Waals surface area contributed by atoms with Crippen molar-refractivity contribution in [1.29, 1.82) is 0 Å². The molecule has 1 nitrogen and oxygen atoms in total. The van der Waals surface area contributed by atoms with Crippen molar-refractivity contribution in [1.82, 2.24) is 0 Å². The minimum absolute atomic E-state index is 0.419. The Kier molecular flexibility index (Phi) is 7.20. The zero-order valence-corrected chi connectivity index (χ0v) is 10.8. The third-order valence-corrected chi connectivity index (χ3v) is 3.41. The van der Waals surface area contributed by atoms with Crippen LogP contribution < -0.4 is 0 Å². The normalized spacial score (nSPS) is 23.8. The lowest BCUT2D eigenvalue weighted by molar-refractivity contribution is -0.115. The van der Waals surface area contributed by atoms with Crippen LogP contribution in [0.1, 0.15) is 77.6 Å². The van der Waals surface area contributed by atoms with Gasteiger partial charge in [-0.2, -0.15) is 0 Å². The average Bonchev–Trinajstić information content (AvgIpc) is 2.28. The van der Waals surface area contributed by atoms with Gasteiger partial charge in [0.15, 0.2) is 5.78 Å². The van der Waals surface area contributed by atoms with Crippen LogP contribution in [0.5, 0.6) is 0 Å². The van der Waals surface area contributed by atoms with Crippen molar-refractivity contribution < 1.29 is 4.79 Å². The van der Waals surface area contributed by atoms with E-state index >= 15 is 0 Å². The molecule has 1 heteroatoms. The molecule has 92 valence electrons. The summed E-state index contributed by atoms with van der Waals surface area (Å²) in [7, 11) is 0. The van der Waals surface area contributed by atoms with Crippen LogP contribution in [0.4, 0.5) is 0 Å². The van der Waals surface area contributed by atoms with Crippen molar-refractivity contribution in [2.24, 2.45) is 0 Å². The van der Waals surface area contributed by atoms with Crippen LogP contribution >= 0.6 is 0 Å². The highest BCUT2D eigenvalue weighted by Gasteiger charge is 2.09. The molecule has 0 radical (unpaired) electrons. The van der Waals surface area contributed by atoms with Crippen LogP contribution in [-0.2, 0) is 4.79 Å². The van der Waals surface area contributed by atoms with Crippen LogP contribution in [0.2, 0.25) is 0 Å². The topological polar surface area (TPSA) is 17.1 Å². The van der Waals surface area contributed by atoms with Gasteiger partial charge in [0.05, 0.1) is 0 Å². The van der Waals surface area contributed by atoms with Crippen LogP contribution in [0.3, 0.4) is 0 Å². The molecule has 0 spiro atoms. The second-order valence-electron chi connectivity index (χ2n) is 4.89. The van der Waals surface area contributed by atoms with Gasteiger partial charge in [-0.05, 0) is 31.3 Å². The van der Waals surface area contributed by atoms with Crippen molar-refractivity contribution in [3.05, 3.63) is 11.6 Å². The van der Waals surface area contributed by atoms with E-state index in [1.807, 2.05) is 0 Å². The Morgan fingerprint density at radius 1 is 0.875 bits per heavy atom.